The maximum absolute atomic E-state index is 11.2. The fourth-order valence-electron chi connectivity index (χ4n) is 2.19. The Morgan fingerprint density at radius 3 is 2.35 bits per heavy atom. The van der Waals surface area contributed by atoms with Crippen LogP contribution in [0.3, 0.4) is 0 Å². The summed E-state index contributed by atoms with van der Waals surface area (Å²) >= 11 is 0. The van der Waals surface area contributed by atoms with E-state index in [4.69, 9.17) is 0 Å². The van der Waals surface area contributed by atoms with Gasteiger partial charge in [0, 0.05) is 34.5 Å². The lowest BCUT2D eigenvalue weighted by Gasteiger charge is -2.11. The van der Waals surface area contributed by atoms with Crippen LogP contribution in [0.15, 0.2) is 29.2 Å². The minimum Gasteiger partial charge on any atom is -0.310 e. The van der Waals surface area contributed by atoms with Gasteiger partial charge in [-0.2, -0.15) is 0 Å². The Hall–Kier alpha value is -0.380. The molecule has 0 aliphatic heterocycles. The molecule has 0 heterocycles. The smallest absolute Gasteiger partial charge is 0.0498 e. The highest BCUT2D eigenvalue weighted by Gasteiger charge is 2.13. The zero-order valence-corrected chi connectivity index (χ0v) is 11.8. The van der Waals surface area contributed by atoms with Gasteiger partial charge in [-0.15, -0.1) is 12.4 Å². The predicted molar refractivity (Wildman–Crippen MR) is 75.1 cm³/mol. The summed E-state index contributed by atoms with van der Waals surface area (Å²) in [6.07, 6.45) is 7.08. The third-order valence-electron chi connectivity index (χ3n) is 3.21. The first-order valence-corrected chi connectivity index (χ1v) is 7.47. The van der Waals surface area contributed by atoms with Gasteiger partial charge in [0.25, 0.3) is 0 Å². The number of nitrogens with one attached hydrogen (secondary N) is 1. The van der Waals surface area contributed by atoms with E-state index in [9.17, 15) is 4.21 Å². The summed E-state index contributed by atoms with van der Waals surface area (Å²) in [4.78, 5) is 0.907. The first kappa shape index (κ1) is 14.7. The molecule has 1 aromatic carbocycles. The van der Waals surface area contributed by atoms with Gasteiger partial charge >= 0.3 is 0 Å². The van der Waals surface area contributed by atoms with E-state index in [2.05, 4.69) is 17.4 Å². The monoisotopic (exact) mass is 273 g/mol. The second-order valence-corrected chi connectivity index (χ2v) is 5.84. The second-order valence-electron chi connectivity index (χ2n) is 4.46. The van der Waals surface area contributed by atoms with Gasteiger partial charge in [0.2, 0.25) is 0 Å². The van der Waals surface area contributed by atoms with Gasteiger partial charge in [-0.05, 0) is 30.5 Å². The Labute approximate surface area is 112 Å². The van der Waals surface area contributed by atoms with Gasteiger partial charge in [0.15, 0.2) is 0 Å². The Bertz CT molecular complexity index is 360. The van der Waals surface area contributed by atoms with Crippen molar-refractivity contribution < 1.29 is 4.21 Å². The van der Waals surface area contributed by atoms with Gasteiger partial charge in [-0.3, -0.25) is 4.21 Å². The third kappa shape index (κ3) is 4.41. The summed E-state index contributed by atoms with van der Waals surface area (Å²) in [6.45, 7) is 0.932. The number of hydrogen-bond donors (Lipinski definition) is 1. The Morgan fingerprint density at radius 2 is 1.82 bits per heavy atom. The van der Waals surface area contributed by atoms with Crippen LogP contribution in [-0.4, -0.2) is 16.5 Å². The molecule has 1 atom stereocenters. The highest BCUT2D eigenvalue weighted by atomic mass is 35.5. The van der Waals surface area contributed by atoms with Crippen molar-refractivity contribution in [2.24, 2.45) is 0 Å². The topological polar surface area (TPSA) is 29.1 Å². The van der Waals surface area contributed by atoms with E-state index in [0.29, 0.717) is 6.04 Å². The van der Waals surface area contributed by atoms with Crippen LogP contribution in [0.2, 0.25) is 0 Å². The summed E-state index contributed by atoms with van der Waals surface area (Å²) in [7, 11) is -0.864. The molecule has 4 heteroatoms. The first-order valence-electron chi connectivity index (χ1n) is 5.91. The van der Waals surface area contributed by atoms with Crippen LogP contribution in [-0.2, 0) is 17.3 Å². The minimum atomic E-state index is -0.864. The average molecular weight is 274 g/mol. The number of halogens is 1. The largest absolute Gasteiger partial charge is 0.310 e. The van der Waals surface area contributed by atoms with Crippen molar-refractivity contribution in [3.63, 3.8) is 0 Å². The molecular weight excluding hydrogens is 254 g/mol. The highest BCUT2D eigenvalue weighted by Crippen LogP contribution is 2.18. The summed E-state index contributed by atoms with van der Waals surface area (Å²) < 4.78 is 11.2. The molecule has 1 aliphatic rings. The van der Waals surface area contributed by atoms with Crippen molar-refractivity contribution in [2.75, 3.05) is 6.26 Å². The van der Waals surface area contributed by atoms with Gasteiger partial charge in [0.05, 0.1) is 0 Å². The van der Waals surface area contributed by atoms with Crippen LogP contribution in [0.5, 0.6) is 0 Å². The molecule has 0 bridgehead atoms. The van der Waals surface area contributed by atoms with Crippen LogP contribution in [0, 0.1) is 0 Å². The van der Waals surface area contributed by atoms with Crippen LogP contribution in [0.1, 0.15) is 31.2 Å². The standard InChI is InChI=1S/C13H19NOS.ClH/c1-16(15)13-8-6-11(7-9-13)10-14-12-4-2-3-5-12;/h6-9,12,14H,2-5,10H2,1H3;1H. The molecule has 1 N–H and O–H groups in total. The maximum Gasteiger partial charge on any atom is 0.0498 e. The number of hydrogen-bond acceptors (Lipinski definition) is 2. The summed E-state index contributed by atoms with van der Waals surface area (Å²) in [5.41, 5.74) is 1.28. The van der Waals surface area contributed by atoms with E-state index < -0.39 is 10.8 Å². The van der Waals surface area contributed by atoms with E-state index >= 15 is 0 Å². The molecule has 17 heavy (non-hydrogen) atoms. The molecule has 2 nitrogen and oxygen atoms in total. The van der Waals surface area contributed by atoms with Gasteiger partial charge in [-0.25, -0.2) is 0 Å². The normalized spacial score (nSPS) is 17.7. The van der Waals surface area contributed by atoms with E-state index in [-0.39, 0.29) is 12.4 Å². The lowest BCUT2D eigenvalue weighted by Crippen LogP contribution is -2.25. The molecule has 0 radical (unpaired) electrons. The zero-order valence-electron chi connectivity index (χ0n) is 10.1. The van der Waals surface area contributed by atoms with Crippen molar-refractivity contribution >= 4 is 23.2 Å². The third-order valence-corrected chi connectivity index (χ3v) is 4.14. The van der Waals surface area contributed by atoms with Crippen molar-refractivity contribution in [1.82, 2.24) is 5.32 Å². The van der Waals surface area contributed by atoms with E-state index in [0.717, 1.165) is 11.4 Å². The van der Waals surface area contributed by atoms with Crippen LogP contribution >= 0.6 is 12.4 Å². The Kier molecular flexibility index (Phi) is 6.17. The van der Waals surface area contributed by atoms with Crippen molar-refractivity contribution in [3.8, 4) is 0 Å². The minimum absolute atomic E-state index is 0. The lowest BCUT2D eigenvalue weighted by molar-refractivity contribution is 0.524. The fraction of sp³-hybridized carbons (Fsp3) is 0.538. The SMILES string of the molecule is CS(=O)c1ccc(CNC2CCCC2)cc1.Cl. The Morgan fingerprint density at radius 1 is 1.24 bits per heavy atom. The molecule has 1 aromatic rings. The quantitative estimate of drug-likeness (QED) is 0.914. The van der Waals surface area contributed by atoms with E-state index in [1.165, 1.54) is 31.2 Å². The molecule has 1 saturated carbocycles. The fourth-order valence-corrected chi connectivity index (χ4v) is 2.71. The zero-order chi connectivity index (χ0) is 11.4. The molecule has 1 unspecified atom stereocenters. The molecule has 0 aromatic heterocycles. The molecule has 96 valence electrons. The molecular formula is C13H20ClNOS. The molecule has 1 aliphatic carbocycles. The lowest BCUT2D eigenvalue weighted by atomic mass is 10.2. The molecule has 0 spiro atoms. The highest BCUT2D eigenvalue weighted by molar-refractivity contribution is 7.84. The molecule has 2 rings (SSSR count). The average Bonchev–Trinajstić information content (AvgIpc) is 2.80. The number of benzene rings is 1. The molecule has 0 saturated heterocycles. The Balaban J connectivity index is 0.00000144. The first-order chi connectivity index (χ1) is 7.75. The van der Waals surface area contributed by atoms with E-state index in [1.54, 1.807) is 6.26 Å². The van der Waals surface area contributed by atoms with Gasteiger partial charge in [0.1, 0.15) is 0 Å². The number of rotatable bonds is 4. The second kappa shape index (κ2) is 7.14. The van der Waals surface area contributed by atoms with E-state index in [1.807, 2.05) is 12.1 Å². The summed E-state index contributed by atoms with van der Waals surface area (Å²) in [6, 6.07) is 8.76. The van der Waals surface area contributed by atoms with Crippen LogP contribution in [0.25, 0.3) is 0 Å². The molecule has 0 amide bonds. The van der Waals surface area contributed by atoms with Crippen LogP contribution in [0.4, 0.5) is 0 Å². The predicted octanol–water partition coefficient (Wildman–Crippen LogP) is 2.88. The van der Waals surface area contributed by atoms with Gasteiger partial charge < -0.3 is 5.32 Å². The van der Waals surface area contributed by atoms with Gasteiger partial charge in [-0.1, -0.05) is 25.0 Å². The van der Waals surface area contributed by atoms with Crippen LogP contribution < -0.4 is 5.32 Å². The van der Waals surface area contributed by atoms with Crippen molar-refractivity contribution in [1.29, 1.82) is 0 Å². The summed E-state index contributed by atoms with van der Waals surface area (Å²) in [5, 5.41) is 3.57. The van der Waals surface area contributed by atoms with Crippen molar-refractivity contribution in [3.05, 3.63) is 29.8 Å². The maximum atomic E-state index is 11.2. The van der Waals surface area contributed by atoms with Crippen molar-refractivity contribution in [2.45, 2.75) is 43.2 Å². The molecule has 1 fully saturated rings. The summed E-state index contributed by atoms with van der Waals surface area (Å²) in [5.74, 6) is 0.